The van der Waals surface area contributed by atoms with Gasteiger partial charge in [-0.25, -0.2) is 4.79 Å². The summed E-state index contributed by atoms with van der Waals surface area (Å²) in [6.07, 6.45) is 1.21. The molecule has 1 aromatic rings. The molecule has 1 amide bonds. The summed E-state index contributed by atoms with van der Waals surface area (Å²) < 4.78 is 10.4. The fourth-order valence-corrected chi connectivity index (χ4v) is 2.13. The lowest BCUT2D eigenvalue weighted by Crippen LogP contribution is -2.51. The lowest BCUT2D eigenvalue weighted by Gasteiger charge is -2.35. The Morgan fingerprint density at radius 2 is 2.26 bits per heavy atom. The number of morpholine rings is 1. The number of rotatable bonds is 4. The molecule has 2 rings (SSSR count). The van der Waals surface area contributed by atoms with Crippen LogP contribution in [0, 0.1) is 0 Å². The zero-order valence-corrected chi connectivity index (χ0v) is 10.7. The standard InChI is InChI=1S/C13H17NO5/c1-9-7-14(8-11(19-9)13(16)17)12(15)5-4-10-3-2-6-18-10/h2-3,6,9,11H,4-5,7-8H2,1H3,(H,16,17)/t9-,11?/m1/s1. The molecule has 6 nitrogen and oxygen atoms in total. The van der Waals surface area contributed by atoms with Crippen LogP contribution in [0.2, 0.25) is 0 Å². The highest BCUT2D eigenvalue weighted by Crippen LogP contribution is 2.14. The van der Waals surface area contributed by atoms with Crippen molar-refractivity contribution < 1.29 is 23.8 Å². The van der Waals surface area contributed by atoms with E-state index in [1.54, 1.807) is 24.2 Å². The van der Waals surface area contributed by atoms with Gasteiger partial charge in [-0.05, 0) is 19.1 Å². The van der Waals surface area contributed by atoms with E-state index in [2.05, 4.69) is 0 Å². The summed E-state index contributed by atoms with van der Waals surface area (Å²) in [5.74, 6) is -0.349. The zero-order chi connectivity index (χ0) is 13.8. The number of hydrogen-bond donors (Lipinski definition) is 1. The molecule has 2 atom stereocenters. The number of nitrogens with zero attached hydrogens (tertiary/aromatic N) is 1. The molecule has 1 unspecified atom stereocenters. The van der Waals surface area contributed by atoms with Crippen LogP contribution in [0.4, 0.5) is 0 Å². The van der Waals surface area contributed by atoms with E-state index in [0.717, 1.165) is 5.76 Å². The largest absolute Gasteiger partial charge is 0.479 e. The lowest BCUT2D eigenvalue weighted by molar-refractivity contribution is -0.166. The Morgan fingerprint density at radius 1 is 1.47 bits per heavy atom. The molecule has 6 heteroatoms. The Kier molecular flexibility index (Phi) is 4.21. The second-order valence-electron chi connectivity index (χ2n) is 4.65. The molecule has 0 aromatic carbocycles. The number of hydrogen-bond acceptors (Lipinski definition) is 4. The van der Waals surface area contributed by atoms with Crippen molar-refractivity contribution in [3.8, 4) is 0 Å². The number of ether oxygens (including phenoxy) is 1. The minimum Gasteiger partial charge on any atom is -0.479 e. The summed E-state index contributed by atoms with van der Waals surface area (Å²) >= 11 is 0. The zero-order valence-electron chi connectivity index (χ0n) is 10.7. The van der Waals surface area contributed by atoms with Crippen LogP contribution in [-0.2, 0) is 20.7 Å². The van der Waals surface area contributed by atoms with Crippen molar-refractivity contribution in [2.75, 3.05) is 13.1 Å². The molecular weight excluding hydrogens is 250 g/mol. The average Bonchev–Trinajstić information content (AvgIpc) is 2.88. The van der Waals surface area contributed by atoms with E-state index in [4.69, 9.17) is 14.3 Å². The first-order valence-corrected chi connectivity index (χ1v) is 6.24. The Morgan fingerprint density at radius 3 is 2.89 bits per heavy atom. The molecule has 0 aliphatic carbocycles. The van der Waals surface area contributed by atoms with Crippen LogP contribution in [0.15, 0.2) is 22.8 Å². The molecule has 0 radical (unpaired) electrons. The van der Waals surface area contributed by atoms with Gasteiger partial charge in [0.25, 0.3) is 0 Å². The van der Waals surface area contributed by atoms with Crippen molar-refractivity contribution in [2.24, 2.45) is 0 Å². The Bertz CT molecular complexity index is 442. The van der Waals surface area contributed by atoms with Gasteiger partial charge in [-0.3, -0.25) is 4.79 Å². The minimum atomic E-state index is -1.03. The van der Waals surface area contributed by atoms with Gasteiger partial charge in [0.15, 0.2) is 6.10 Å². The predicted molar refractivity (Wildman–Crippen MR) is 65.6 cm³/mol. The third-order valence-corrected chi connectivity index (χ3v) is 3.05. The molecule has 1 aliphatic rings. The van der Waals surface area contributed by atoms with Crippen LogP contribution in [-0.4, -0.2) is 47.2 Å². The number of aliphatic carboxylic acids is 1. The van der Waals surface area contributed by atoms with Crippen LogP contribution in [0.5, 0.6) is 0 Å². The van der Waals surface area contributed by atoms with Crippen LogP contribution in [0.25, 0.3) is 0 Å². The topological polar surface area (TPSA) is 80.0 Å². The van der Waals surface area contributed by atoms with Crippen molar-refractivity contribution in [1.82, 2.24) is 4.90 Å². The number of carboxylic acid groups (broad SMARTS) is 1. The molecule has 19 heavy (non-hydrogen) atoms. The van der Waals surface area contributed by atoms with E-state index in [0.29, 0.717) is 19.4 Å². The highest BCUT2D eigenvalue weighted by atomic mass is 16.5. The van der Waals surface area contributed by atoms with Crippen molar-refractivity contribution in [3.63, 3.8) is 0 Å². The fraction of sp³-hybridized carbons (Fsp3) is 0.538. The molecular formula is C13H17NO5. The predicted octanol–water partition coefficient (Wildman–Crippen LogP) is 0.913. The highest BCUT2D eigenvalue weighted by Gasteiger charge is 2.32. The van der Waals surface area contributed by atoms with E-state index in [-0.39, 0.29) is 18.6 Å². The molecule has 0 saturated carbocycles. The second kappa shape index (κ2) is 5.88. The lowest BCUT2D eigenvalue weighted by atomic mass is 10.1. The number of carbonyl (C=O) groups is 2. The maximum atomic E-state index is 12.0. The van der Waals surface area contributed by atoms with E-state index in [1.807, 2.05) is 6.07 Å². The molecule has 1 saturated heterocycles. The molecule has 0 spiro atoms. The fourth-order valence-electron chi connectivity index (χ4n) is 2.13. The van der Waals surface area contributed by atoms with Gasteiger partial charge in [0.2, 0.25) is 5.91 Å². The molecule has 1 fully saturated rings. The van der Waals surface area contributed by atoms with Crippen molar-refractivity contribution in [1.29, 1.82) is 0 Å². The maximum Gasteiger partial charge on any atom is 0.334 e. The van der Waals surface area contributed by atoms with Gasteiger partial charge in [0.05, 0.1) is 18.9 Å². The second-order valence-corrected chi connectivity index (χ2v) is 4.65. The minimum absolute atomic E-state index is 0.0715. The van der Waals surface area contributed by atoms with E-state index < -0.39 is 12.1 Å². The van der Waals surface area contributed by atoms with Gasteiger partial charge < -0.3 is 19.2 Å². The summed E-state index contributed by atoms with van der Waals surface area (Å²) in [7, 11) is 0. The highest BCUT2D eigenvalue weighted by molar-refractivity contribution is 5.78. The SMILES string of the molecule is C[C@@H]1CN(C(=O)CCc2ccco2)CC(C(=O)O)O1. The van der Waals surface area contributed by atoms with Gasteiger partial charge in [-0.1, -0.05) is 0 Å². The Balaban J connectivity index is 1.89. The van der Waals surface area contributed by atoms with Gasteiger partial charge in [0, 0.05) is 19.4 Å². The molecule has 0 bridgehead atoms. The first kappa shape index (κ1) is 13.6. The molecule has 2 heterocycles. The van der Waals surface area contributed by atoms with Crippen molar-refractivity contribution in [3.05, 3.63) is 24.2 Å². The third-order valence-electron chi connectivity index (χ3n) is 3.05. The van der Waals surface area contributed by atoms with Gasteiger partial charge >= 0.3 is 5.97 Å². The van der Waals surface area contributed by atoms with Gasteiger partial charge in [-0.2, -0.15) is 0 Å². The van der Waals surface area contributed by atoms with E-state index >= 15 is 0 Å². The van der Waals surface area contributed by atoms with Crippen molar-refractivity contribution >= 4 is 11.9 Å². The number of amides is 1. The van der Waals surface area contributed by atoms with Gasteiger partial charge in [0.1, 0.15) is 5.76 Å². The summed E-state index contributed by atoms with van der Waals surface area (Å²) in [6, 6.07) is 3.59. The van der Waals surface area contributed by atoms with E-state index in [9.17, 15) is 9.59 Å². The summed E-state index contributed by atoms with van der Waals surface area (Å²) in [5.41, 5.74) is 0. The summed E-state index contributed by atoms with van der Waals surface area (Å²) in [6.45, 7) is 2.30. The molecule has 1 aliphatic heterocycles. The number of aryl methyl sites for hydroxylation is 1. The number of furan rings is 1. The maximum absolute atomic E-state index is 12.0. The number of carbonyl (C=O) groups excluding carboxylic acids is 1. The van der Waals surface area contributed by atoms with Crippen molar-refractivity contribution in [2.45, 2.75) is 32.0 Å². The first-order chi connectivity index (χ1) is 9.06. The van der Waals surface area contributed by atoms with Crippen LogP contribution < -0.4 is 0 Å². The Labute approximate surface area is 110 Å². The smallest absolute Gasteiger partial charge is 0.334 e. The van der Waals surface area contributed by atoms with Crippen LogP contribution in [0.1, 0.15) is 19.1 Å². The van der Waals surface area contributed by atoms with Crippen LogP contribution in [0.3, 0.4) is 0 Å². The monoisotopic (exact) mass is 267 g/mol. The third kappa shape index (κ3) is 3.57. The number of carboxylic acids is 1. The Hall–Kier alpha value is -1.82. The molecule has 104 valence electrons. The van der Waals surface area contributed by atoms with Crippen LogP contribution >= 0.6 is 0 Å². The quantitative estimate of drug-likeness (QED) is 0.877. The van der Waals surface area contributed by atoms with E-state index in [1.165, 1.54) is 0 Å². The normalized spacial score (nSPS) is 23.3. The average molecular weight is 267 g/mol. The molecule has 1 N–H and O–H groups in total. The first-order valence-electron chi connectivity index (χ1n) is 6.24. The summed E-state index contributed by atoms with van der Waals surface area (Å²) in [4.78, 5) is 24.5. The summed E-state index contributed by atoms with van der Waals surface area (Å²) in [5, 5.41) is 8.96. The molecule has 1 aromatic heterocycles. The van der Waals surface area contributed by atoms with Gasteiger partial charge in [-0.15, -0.1) is 0 Å².